The second-order valence-corrected chi connectivity index (χ2v) is 3.95. The van der Waals surface area contributed by atoms with E-state index in [1.165, 1.54) is 0 Å². The van der Waals surface area contributed by atoms with Crippen molar-refractivity contribution >= 4 is 11.7 Å². The van der Waals surface area contributed by atoms with Crippen molar-refractivity contribution in [1.82, 2.24) is 4.98 Å². The average Bonchev–Trinajstić information content (AvgIpc) is 2.28. The van der Waals surface area contributed by atoms with Crippen LogP contribution in [-0.4, -0.2) is 29.6 Å². The van der Waals surface area contributed by atoms with Gasteiger partial charge in [0.2, 0.25) is 0 Å². The normalized spacial score (nSPS) is 13.6. The van der Waals surface area contributed by atoms with Gasteiger partial charge in [0.15, 0.2) is 0 Å². The molecular formula is C11H18N4O. The largest absolute Gasteiger partial charge is 0.409 e. The highest BCUT2D eigenvalue weighted by Crippen LogP contribution is 2.15. The number of aromatic nitrogens is 1. The van der Waals surface area contributed by atoms with Crippen molar-refractivity contribution < 1.29 is 5.21 Å². The quantitative estimate of drug-likeness (QED) is 0.347. The molecule has 1 aromatic rings. The number of aryl methyl sites for hydroxylation is 1. The fourth-order valence-electron chi connectivity index (χ4n) is 1.57. The van der Waals surface area contributed by atoms with E-state index in [2.05, 4.69) is 10.1 Å². The van der Waals surface area contributed by atoms with Crippen molar-refractivity contribution in [2.24, 2.45) is 16.8 Å². The SMILES string of the molecule is Cc1cccnc1N(C)CC(C)C(N)=NO. The maximum absolute atomic E-state index is 8.57. The summed E-state index contributed by atoms with van der Waals surface area (Å²) < 4.78 is 0. The van der Waals surface area contributed by atoms with E-state index >= 15 is 0 Å². The Hall–Kier alpha value is -1.78. The number of nitrogens with zero attached hydrogens (tertiary/aromatic N) is 3. The molecule has 0 saturated heterocycles. The summed E-state index contributed by atoms with van der Waals surface area (Å²) in [5, 5.41) is 11.6. The summed E-state index contributed by atoms with van der Waals surface area (Å²) >= 11 is 0. The van der Waals surface area contributed by atoms with Gasteiger partial charge in [-0.25, -0.2) is 4.98 Å². The Bertz CT molecular complexity index is 378. The van der Waals surface area contributed by atoms with E-state index in [0.29, 0.717) is 6.54 Å². The first kappa shape index (κ1) is 12.3. The molecule has 0 spiro atoms. The molecule has 88 valence electrons. The summed E-state index contributed by atoms with van der Waals surface area (Å²) in [7, 11) is 1.94. The average molecular weight is 222 g/mol. The third kappa shape index (κ3) is 2.85. The zero-order valence-electron chi connectivity index (χ0n) is 9.88. The van der Waals surface area contributed by atoms with Crippen molar-refractivity contribution in [3.63, 3.8) is 0 Å². The van der Waals surface area contributed by atoms with Crippen molar-refractivity contribution in [3.05, 3.63) is 23.9 Å². The summed E-state index contributed by atoms with van der Waals surface area (Å²) in [6.07, 6.45) is 1.76. The summed E-state index contributed by atoms with van der Waals surface area (Å²) in [5.41, 5.74) is 6.64. The maximum atomic E-state index is 8.57. The van der Waals surface area contributed by atoms with E-state index in [1.807, 2.05) is 37.9 Å². The van der Waals surface area contributed by atoms with Crippen LogP contribution in [0, 0.1) is 12.8 Å². The molecule has 1 aromatic heterocycles. The third-order valence-electron chi connectivity index (χ3n) is 2.51. The van der Waals surface area contributed by atoms with Crippen molar-refractivity contribution in [3.8, 4) is 0 Å². The summed E-state index contributed by atoms with van der Waals surface area (Å²) in [4.78, 5) is 6.30. The Balaban J connectivity index is 2.73. The maximum Gasteiger partial charge on any atom is 0.143 e. The number of anilines is 1. The zero-order valence-corrected chi connectivity index (χ0v) is 9.88. The van der Waals surface area contributed by atoms with Gasteiger partial charge in [-0.15, -0.1) is 0 Å². The molecule has 0 saturated carbocycles. The minimum absolute atomic E-state index is 0.0172. The Kier molecular flexibility index (Phi) is 4.10. The molecule has 3 N–H and O–H groups in total. The lowest BCUT2D eigenvalue weighted by atomic mass is 10.1. The molecule has 0 fully saturated rings. The van der Waals surface area contributed by atoms with Crippen LogP contribution >= 0.6 is 0 Å². The van der Waals surface area contributed by atoms with Gasteiger partial charge in [0, 0.05) is 25.7 Å². The first-order valence-electron chi connectivity index (χ1n) is 5.16. The van der Waals surface area contributed by atoms with Crippen molar-refractivity contribution in [2.45, 2.75) is 13.8 Å². The van der Waals surface area contributed by atoms with Gasteiger partial charge in [-0.05, 0) is 18.6 Å². The van der Waals surface area contributed by atoms with E-state index in [1.54, 1.807) is 6.20 Å². The predicted octanol–water partition coefficient (Wildman–Crippen LogP) is 1.21. The second kappa shape index (κ2) is 5.34. The summed E-state index contributed by atoms with van der Waals surface area (Å²) in [5.74, 6) is 1.14. The van der Waals surface area contributed by atoms with Gasteiger partial charge in [0.05, 0.1) is 0 Å². The topological polar surface area (TPSA) is 74.7 Å². The minimum atomic E-state index is -0.0172. The van der Waals surface area contributed by atoms with Crippen LogP contribution in [0.25, 0.3) is 0 Å². The van der Waals surface area contributed by atoms with Gasteiger partial charge in [-0.3, -0.25) is 0 Å². The minimum Gasteiger partial charge on any atom is -0.409 e. The molecule has 0 radical (unpaired) electrons. The molecule has 1 atom stereocenters. The van der Waals surface area contributed by atoms with Crippen LogP contribution < -0.4 is 10.6 Å². The molecule has 16 heavy (non-hydrogen) atoms. The molecule has 1 heterocycles. The van der Waals surface area contributed by atoms with E-state index in [-0.39, 0.29) is 11.8 Å². The molecule has 5 heteroatoms. The highest BCUT2D eigenvalue weighted by atomic mass is 16.4. The van der Waals surface area contributed by atoms with Gasteiger partial charge < -0.3 is 15.8 Å². The van der Waals surface area contributed by atoms with Crippen LogP contribution in [0.2, 0.25) is 0 Å². The van der Waals surface area contributed by atoms with Gasteiger partial charge in [-0.2, -0.15) is 0 Å². The number of oxime groups is 1. The molecular weight excluding hydrogens is 204 g/mol. The fourth-order valence-corrected chi connectivity index (χ4v) is 1.57. The molecule has 0 aliphatic rings. The number of rotatable bonds is 4. The Labute approximate surface area is 95.6 Å². The van der Waals surface area contributed by atoms with Crippen LogP contribution in [-0.2, 0) is 0 Å². The summed E-state index contributed by atoms with van der Waals surface area (Å²) in [6, 6.07) is 3.91. The van der Waals surface area contributed by atoms with Crippen molar-refractivity contribution in [1.29, 1.82) is 0 Å². The predicted molar refractivity (Wildman–Crippen MR) is 64.8 cm³/mol. The monoisotopic (exact) mass is 222 g/mol. The fraction of sp³-hybridized carbons (Fsp3) is 0.455. The van der Waals surface area contributed by atoms with Gasteiger partial charge in [0.1, 0.15) is 11.7 Å². The third-order valence-corrected chi connectivity index (χ3v) is 2.51. The molecule has 0 aromatic carbocycles. The van der Waals surface area contributed by atoms with Crippen LogP contribution in [0.15, 0.2) is 23.5 Å². The van der Waals surface area contributed by atoms with Crippen LogP contribution in [0.5, 0.6) is 0 Å². The first-order chi connectivity index (χ1) is 7.56. The lowest BCUT2D eigenvalue weighted by Crippen LogP contribution is -2.33. The highest BCUT2D eigenvalue weighted by Gasteiger charge is 2.13. The summed E-state index contributed by atoms with van der Waals surface area (Å²) in [6.45, 7) is 4.57. The zero-order chi connectivity index (χ0) is 12.1. The Morgan fingerprint density at radius 2 is 2.38 bits per heavy atom. The molecule has 1 rings (SSSR count). The lowest BCUT2D eigenvalue weighted by molar-refractivity contribution is 0.314. The van der Waals surface area contributed by atoms with Gasteiger partial charge >= 0.3 is 0 Å². The van der Waals surface area contributed by atoms with Gasteiger partial charge in [-0.1, -0.05) is 18.1 Å². The Morgan fingerprint density at radius 3 is 2.94 bits per heavy atom. The van der Waals surface area contributed by atoms with Crippen LogP contribution in [0.3, 0.4) is 0 Å². The van der Waals surface area contributed by atoms with Crippen LogP contribution in [0.1, 0.15) is 12.5 Å². The smallest absolute Gasteiger partial charge is 0.143 e. The second-order valence-electron chi connectivity index (χ2n) is 3.95. The molecule has 0 bridgehead atoms. The Morgan fingerprint density at radius 1 is 1.69 bits per heavy atom. The van der Waals surface area contributed by atoms with Gasteiger partial charge in [0.25, 0.3) is 0 Å². The standard InChI is InChI=1S/C11H18N4O/c1-8-5-4-6-13-11(8)15(3)7-9(2)10(12)14-16/h4-6,9,16H,7H2,1-3H3,(H2,12,14). The van der Waals surface area contributed by atoms with E-state index in [0.717, 1.165) is 11.4 Å². The molecule has 0 aliphatic carbocycles. The number of hydrogen-bond donors (Lipinski definition) is 2. The number of nitrogens with two attached hydrogens (primary N) is 1. The number of amidine groups is 1. The van der Waals surface area contributed by atoms with E-state index < -0.39 is 0 Å². The number of hydrogen-bond acceptors (Lipinski definition) is 4. The first-order valence-corrected chi connectivity index (χ1v) is 5.16. The van der Waals surface area contributed by atoms with E-state index in [4.69, 9.17) is 10.9 Å². The molecule has 5 nitrogen and oxygen atoms in total. The molecule has 0 aliphatic heterocycles. The van der Waals surface area contributed by atoms with Crippen molar-refractivity contribution in [2.75, 3.05) is 18.5 Å². The molecule has 1 unspecified atom stereocenters. The highest BCUT2D eigenvalue weighted by molar-refractivity contribution is 5.82. The van der Waals surface area contributed by atoms with E-state index in [9.17, 15) is 0 Å². The lowest BCUT2D eigenvalue weighted by Gasteiger charge is -2.23. The van der Waals surface area contributed by atoms with Crippen LogP contribution in [0.4, 0.5) is 5.82 Å². The number of pyridine rings is 1. The molecule has 0 amide bonds.